The molecule has 0 aliphatic carbocycles. The number of ether oxygens (including phenoxy) is 1. The molecule has 1 fully saturated rings. The molecule has 0 radical (unpaired) electrons. The molecule has 2 aliphatic heterocycles. The number of nitrogens with one attached hydrogen (secondary N) is 1. The minimum absolute atomic E-state index is 0.0000118. The van der Waals surface area contributed by atoms with E-state index in [1.54, 1.807) is 30.0 Å². The maximum Gasteiger partial charge on any atom is 0.240 e. The van der Waals surface area contributed by atoms with Crippen LogP contribution in [-0.2, 0) is 14.8 Å². The molecule has 3 unspecified atom stereocenters. The van der Waals surface area contributed by atoms with Crippen LogP contribution in [0.4, 0.5) is 11.4 Å². The van der Waals surface area contributed by atoms with Gasteiger partial charge in [0.05, 0.1) is 47.7 Å². The molecular formula is C25H26N2O4S2. The fraction of sp³-hybridized carbons (Fsp3) is 0.200. The van der Waals surface area contributed by atoms with Crippen LogP contribution in [0.15, 0.2) is 107 Å². The average molecular weight is 483 g/mol. The molecule has 3 atom stereocenters. The number of hydrogen-bond donors (Lipinski definition) is 2. The molecule has 0 saturated carbocycles. The lowest BCUT2D eigenvalue weighted by Gasteiger charge is -2.44. The molecule has 2 heterocycles. The average Bonchev–Trinajstić information content (AvgIpc) is 2.81. The predicted octanol–water partition coefficient (Wildman–Crippen LogP) is 4.15. The number of benzene rings is 2. The first-order chi connectivity index (χ1) is 16.0. The molecule has 6 nitrogen and oxygen atoms in total. The Bertz CT molecular complexity index is 1160. The van der Waals surface area contributed by atoms with Crippen LogP contribution < -0.4 is 9.62 Å². The summed E-state index contributed by atoms with van der Waals surface area (Å²) in [6.07, 6.45) is 6.42. The van der Waals surface area contributed by atoms with E-state index in [0.29, 0.717) is 0 Å². The SMILES string of the molecule is C=C/C=C\C=C(/C=C)S(=O)(=O)NC1COCC(N2c3ccccc3Sc3ccccc32)C1O. The van der Waals surface area contributed by atoms with Gasteiger partial charge in [-0.15, -0.1) is 0 Å². The highest BCUT2D eigenvalue weighted by Crippen LogP contribution is 2.49. The smallest absolute Gasteiger partial charge is 0.240 e. The summed E-state index contributed by atoms with van der Waals surface area (Å²) in [6.45, 7) is 7.50. The fourth-order valence-electron chi connectivity index (χ4n) is 3.97. The summed E-state index contributed by atoms with van der Waals surface area (Å²) in [5, 5.41) is 11.3. The number of aliphatic hydroxyl groups is 1. The fourth-order valence-corrected chi connectivity index (χ4v) is 6.26. The molecule has 8 heteroatoms. The van der Waals surface area contributed by atoms with E-state index in [0.717, 1.165) is 21.2 Å². The van der Waals surface area contributed by atoms with Crippen LogP contribution in [0, 0.1) is 0 Å². The monoisotopic (exact) mass is 482 g/mol. The molecule has 0 amide bonds. The molecule has 2 aliphatic rings. The zero-order chi connectivity index (χ0) is 23.4. The van der Waals surface area contributed by atoms with Gasteiger partial charge in [0.2, 0.25) is 10.0 Å². The van der Waals surface area contributed by atoms with Gasteiger partial charge in [-0.2, -0.15) is 0 Å². The van der Waals surface area contributed by atoms with Gasteiger partial charge in [-0.25, -0.2) is 13.1 Å². The third kappa shape index (κ3) is 4.85. The Kier molecular flexibility index (Phi) is 7.21. The summed E-state index contributed by atoms with van der Waals surface area (Å²) in [7, 11) is -3.92. The van der Waals surface area contributed by atoms with Gasteiger partial charge in [0, 0.05) is 9.79 Å². The third-order valence-corrected chi connectivity index (χ3v) is 8.19. The van der Waals surface area contributed by atoms with Crippen molar-refractivity contribution in [2.75, 3.05) is 18.1 Å². The molecule has 2 aromatic rings. The molecule has 4 rings (SSSR count). The number of aliphatic hydroxyl groups excluding tert-OH is 1. The quantitative estimate of drug-likeness (QED) is 0.578. The van der Waals surface area contributed by atoms with Crippen molar-refractivity contribution in [1.82, 2.24) is 4.72 Å². The normalized spacial score (nSPS) is 23.1. The van der Waals surface area contributed by atoms with E-state index < -0.39 is 28.2 Å². The second-order valence-corrected chi connectivity index (χ2v) is 10.4. The molecular weight excluding hydrogens is 456 g/mol. The van der Waals surface area contributed by atoms with Gasteiger partial charge in [0.25, 0.3) is 0 Å². The zero-order valence-electron chi connectivity index (χ0n) is 18.0. The molecule has 0 spiro atoms. The van der Waals surface area contributed by atoms with E-state index in [2.05, 4.69) is 22.8 Å². The van der Waals surface area contributed by atoms with E-state index in [-0.39, 0.29) is 18.1 Å². The molecule has 2 aromatic carbocycles. The first-order valence-corrected chi connectivity index (χ1v) is 12.8. The number of fused-ring (bicyclic) bond motifs is 2. The van der Waals surface area contributed by atoms with Crippen molar-refractivity contribution in [3.8, 4) is 0 Å². The number of para-hydroxylation sites is 2. The van der Waals surface area contributed by atoms with Crippen LogP contribution in [0.1, 0.15) is 0 Å². The van der Waals surface area contributed by atoms with Crippen molar-refractivity contribution in [2.45, 2.75) is 28.0 Å². The Morgan fingerprint density at radius 1 is 1.06 bits per heavy atom. The van der Waals surface area contributed by atoms with Gasteiger partial charge in [0.1, 0.15) is 0 Å². The molecule has 0 bridgehead atoms. The van der Waals surface area contributed by atoms with E-state index in [1.807, 2.05) is 48.5 Å². The van der Waals surface area contributed by atoms with Crippen LogP contribution in [0.25, 0.3) is 0 Å². The highest BCUT2D eigenvalue weighted by atomic mass is 32.2. The lowest BCUT2D eigenvalue weighted by atomic mass is 9.99. The van der Waals surface area contributed by atoms with Crippen molar-refractivity contribution < 1.29 is 18.3 Å². The highest BCUT2D eigenvalue weighted by Gasteiger charge is 2.41. The van der Waals surface area contributed by atoms with Gasteiger partial charge < -0.3 is 14.7 Å². The van der Waals surface area contributed by atoms with Crippen molar-refractivity contribution in [3.05, 3.63) is 97.0 Å². The minimum Gasteiger partial charge on any atom is -0.389 e. The summed E-state index contributed by atoms with van der Waals surface area (Å²) in [5.74, 6) is 0. The number of hydrogen-bond acceptors (Lipinski definition) is 6. The molecule has 1 saturated heterocycles. The molecule has 0 aromatic heterocycles. The van der Waals surface area contributed by atoms with E-state index in [9.17, 15) is 13.5 Å². The van der Waals surface area contributed by atoms with Crippen molar-refractivity contribution in [2.24, 2.45) is 0 Å². The maximum absolute atomic E-state index is 13.0. The summed E-state index contributed by atoms with van der Waals surface area (Å²) in [4.78, 5) is 4.19. The molecule has 2 N–H and O–H groups in total. The van der Waals surface area contributed by atoms with Gasteiger partial charge >= 0.3 is 0 Å². The van der Waals surface area contributed by atoms with Crippen LogP contribution in [0.2, 0.25) is 0 Å². The Morgan fingerprint density at radius 2 is 1.70 bits per heavy atom. The molecule has 33 heavy (non-hydrogen) atoms. The summed E-state index contributed by atoms with van der Waals surface area (Å²) < 4.78 is 34.3. The first-order valence-electron chi connectivity index (χ1n) is 10.5. The van der Waals surface area contributed by atoms with Gasteiger partial charge in [-0.1, -0.05) is 67.4 Å². The lowest BCUT2D eigenvalue weighted by molar-refractivity contribution is -0.0243. The Morgan fingerprint density at radius 3 is 2.30 bits per heavy atom. The second-order valence-electron chi connectivity index (χ2n) is 7.62. The predicted molar refractivity (Wildman–Crippen MR) is 133 cm³/mol. The van der Waals surface area contributed by atoms with Gasteiger partial charge in [-0.3, -0.25) is 0 Å². The van der Waals surface area contributed by atoms with E-state index in [1.165, 1.54) is 12.2 Å². The van der Waals surface area contributed by atoms with Gasteiger partial charge in [-0.05, 0) is 36.4 Å². The number of sulfonamides is 1. The summed E-state index contributed by atoms with van der Waals surface area (Å²) in [5.41, 5.74) is 1.91. The summed E-state index contributed by atoms with van der Waals surface area (Å²) >= 11 is 1.67. The van der Waals surface area contributed by atoms with Crippen LogP contribution in [0.3, 0.4) is 0 Å². The van der Waals surface area contributed by atoms with Crippen molar-refractivity contribution in [1.29, 1.82) is 0 Å². The van der Waals surface area contributed by atoms with Crippen molar-refractivity contribution >= 4 is 33.2 Å². The van der Waals surface area contributed by atoms with E-state index >= 15 is 0 Å². The Hall–Kier alpha value is -2.62. The zero-order valence-corrected chi connectivity index (χ0v) is 19.6. The number of rotatable bonds is 7. The Labute approximate surface area is 199 Å². The van der Waals surface area contributed by atoms with Crippen LogP contribution in [0.5, 0.6) is 0 Å². The van der Waals surface area contributed by atoms with Crippen molar-refractivity contribution in [3.63, 3.8) is 0 Å². The summed E-state index contributed by atoms with van der Waals surface area (Å²) in [6, 6.07) is 14.6. The molecule has 172 valence electrons. The highest BCUT2D eigenvalue weighted by molar-refractivity contribution is 7.99. The third-order valence-electron chi connectivity index (χ3n) is 5.52. The number of allylic oxidation sites excluding steroid dienone is 5. The Balaban J connectivity index is 1.64. The first kappa shape index (κ1) is 23.5. The second kappa shape index (κ2) is 10.1. The standard InChI is InChI=1S/C25H26N2O4S2/c1-3-5-6-11-18(4-2)33(29,30)26-19-16-31-17-22(25(19)28)27-20-12-7-9-14-23(20)32-24-15-10-8-13-21(24)27/h3-15,19,22,25-26,28H,1-2,16-17H2/b6-5-,18-11+. The van der Waals surface area contributed by atoms with E-state index in [4.69, 9.17) is 4.74 Å². The van der Waals surface area contributed by atoms with Crippen LogP contribution in [-0.4, -0.2) is 44.9 Å². The lowest BCUT2D eigenvalue weighted by Crippen LogP contribution is -2.60. The van der Waals surface area contributed by atoms with Crippen LogP contribution >= 0.6 is 11.8 Å². The van der Waals surface area contributed by atoms with Gasteiger partial charge in [0.15, 0.2) is 0 Å². The maximum atomic E-state index is 13.0. The largest absolute Gasteiger partial charge is 0.389 e. The minimum atomic E-state index is -3.92. The number of nitrogens with zero attached hydrogens (tertiary/aromatic N) is 1. The number of anilines is 2. The topological polar surface area (TPSA) is 78.9 Å².